The maximum absolute atomic E-state index is 6.22. The molecule has 0 atom stereocenters. The maximum Gasteiger partial charge on any atom is 0.159 e. The predicted octanol–water partition coefficient (Wildman–Crippen LogP) is 4.68. The molecule has 2 aromatic carbocycles. The van der Waals surface area contributed by atoms with Crippen LogP contribution in [0.2, 0.25) is 5.02 Å². The minimum atomic E-state index is 0.467. The normalized spacial score (nSPS) is 10.5. The summed E-state index contributed by atoms with van der Waals surface area (Å²) in [6, 6.07) is 13.9. The molecule has 1 aromatic heterocycles. The lowest BCUT2D eigenvalue weighted by Gasteiger charge is -2.14. The Bertz CT molecular complexity index is 877. The van der Waals surface area contributed by atoms with Gasteiger partial charge in [-0.1, -0.05) is 47.5 Å². The molecule has 5 nitrogen and oxygen atoms in total. The van der Waals surface area contributed by atoms with Crippen LogP contribution in [0.1, 0.15) is 16.7 Å². The van der Waals surface area contributed by atoms with Gasteiger partial charge in [0, 0.05) is 17.3 Å². The van der Waals surface area contributed by atoms with Gasteiger partial charge in [0.05, 0.1) is 0 Å². The van der Waals surface area contributed by atoms with Crippen LogP contribution in [-0.4, -0.2) is 9.97 Å². The molecule has 0 spiro atoms. The van der Waals surface area contributed by atoms with Crippen molar-refractivity contribution in [2.24, 2.45) is 0 Å². The molecule has 25 heavy (non-hydrogen) atoms. The van der Waals surface area contributed by atoms with Crippen molar-refractivity contribution in [3.05, 3.63) is 70.5 Å². The van der Waals surface area contributed by atoms with Gasteiger partial charge in [0.15, 0.2) is 11.6 Å². The fourth-order valence-corrected chi connectivity index (χ4v) is 2.56. The lowest BCUT2D eigenvalue weighted by atomic mass is 10.1. The van der Waals surface area contributed by atoms with Crippen LogP contribution in [0.25, 0.3) is 0 Å². The Morgan fingerprint density at radius 2 is 1.72 bits per heavy atom. The first-order valence-electron chi connectivity index (χ1n) is 7.96. The molecule has 0 fully saturated rings. The number of nitrogens with one attached hydrogen (secondary N) is 2. The number of benzene rings is 2. The van der Waals surface area contributed by atoms with Crippen molar-refractivity contribution in [1.82, 2.24) is 9.97 Å². The van der Waals surface area contributed by atoms with Gasteiger partial charge in [-0.15, -0.1) is 0 Å². The zero-order valence-corrected chi connectivity index (χ0v) is 14.9. The Balaban J connectivity index is 1.77. The van der Waals surface area contributed by atoms with Gasteiger partial charge < -0.3 is 16.4 Å². The van der Waals surface area contributed by atoms with Gasteiger partial charge in [0.1, 0.15) is 12.0 Å². The molecular weight excluding hydrogens is 334 g/mol. The standard InChI is InChI=1S/C19H20ClN5/c1-12-3-6-14(7-4-12)10-22-18-17(21)19(24-11-23-18)25-16-9-15(20)8-5-13(16)2/h3-9,11H,10,21H2,1-2H3,(H2,22,23,24,25). The molecule has 0 amide bonds. The van der Waals surface area contributed by atoms with Crippen molar-refractivity contribution >= 4 is 34.6 Å². The second-order valence-corrected chi connectivity index (χ2v) is 6.34. The average Bonchev–Trinajstić information content (AvgIpc) is 2.60. The average molecular weight is 354 g/mol. The van der Waals surface area contributed by atoms with E-state index in [2.05, 4.69) is 51.8 Å². The quantitative estimate of drug-likeness (QED) is 0.620. The molecule has 0 unspecified atom stereocenters. The summed E-state index contributed by atoms with van der Waals surface area (Å²) in [5.41, 5.74) is 11.0. The van der Waals surface area contributed by atoms with E-state index in [4.69, 9.17) is 17.3 Å². The number of hydrogen-bond acceptors (Lipinski definition) is 5. The van der Waals surface area contributed by atoms with Gasteiger partial charge >= 0.3 is 0 Å². The molecule has 3 rings (SSSR count). The molecule has 3 aromatic rings. The van der Waals surface area contributed by atoms with Crippen LogP contribution in [0.15, 0.2) is 48.8 Å². The molecule has 0 aliphatic rings. The molecule has 0 saturated heterocycles. The van der Waals surface area contributed by atoms with Crippen LogP contribution in [0, 0.1) is 13.8 Å². The number of hydrogen-bond donors (Lipinski definition) is 3. The third kappa shape index (κ3) is 4.19. The number of nitrogens with zero attached hydrogens (tertiary/aromatic N) is 2. The third-order valence-corrected chi connectivity index (χ3v) is 4.15. The van der Waals surface area contributed by atoms with Gasteiger partial charge in [0.2, 0.25) is 0 Å². The fraction of sp³-hybridized carbons (Fsp3) is 0.158. The van der Waals surface area contributed by atoms with Gasteiger partial charge in [-0.25, -0.2) is 9.97 Å². The van der Waals surface area contributed by atoms with E-state index in [0.29, 0.717) is 28.9 Å². The number of rotatable bonds is 5. The van der Waals surface area contributed by atoms with E-state index < -0.39 is 0 Å². The zero-order chi connectivity index (χ0) is 17.8. The summed E-state index contributed by atoms with van der Waals surface area (Å²) in [7, 11) is 0. The summed E-state index contributed by atoms with van der Waals surface area (Å²) < 4.78 is 0. The van der Waals surface area contributed by atoms with Gasteiger partial charge in [-0.2, -0.15) is 0 Å². The predicted molar refractivity (Wildman–Crippen MR) is 104 cm³/mol. The highest BCUT2D eigenvalue weighted by atomic mass is 35.5. The van der Waals surface area contributed by atoms with Crippen LogP contribution < -0.4 is 16.4 Å². The van der Waals surface area contributed by atoms with E-state index in [-0.39, 0.29) is 0 Å². The van der Waals surface area contributed by atoms with Crippen molar-refractivity contribution in [2.45, 2.75) is 20.4 Å². The fourth-order valence-electron chi connectivity index (χ4n) is 2.38. The summed E-state index contributed by atoms with van der Waals surface area (Å²) >= 11 is 6.07. The first-order valence-corrected chi connectivity index (χ1v) is 8.34. The summed E-state index contributed by atoms with van der Waals surface area (Å²) in [5, 5.41) is 7.14. The number of halogens is 1. The lowest BCUT2D eigenvalue weighted by Crippen LogP contribution is -2.08. The van der Waals surface area contributed by atoms with Crippen LogP contribution in [0.3, 0.4) is 0 Å². The lowest BCUT2D eigenvalue weighted by molar-refractivity contribution is 1.08. The first kappa shape index (κ1) is 17.0. The highest BCUT2D eigenvalue weighted by molar-refractivity contribution is 6.30. The van der Waals surface area contributed by atoms with Crippen molar-refractivity contribution in [1.29, 1.82) is 0 Å². The number of aryl methyl sites for hydroxylation is 2. The number of anilines is 4. The van der Waals surface area contributed by atoms with Crippen molar-refractivity contribution in [3.8, 4) is 0 Å². The molecule has 0 radical (unpaired) electrons. The minimum Gasteiger partial charge on any atom is -0.393 e. The molecule has 0 bridgehead atoms. The van der Waals surface area contributed by atoms with Gasteiger partial charge in [-0.05, 0) is 37.1 Å². The molecule has 6 heteroatoms. The molecule has 0 saturated carbocycles. The number of nitrogen functional groups attached to an aromatic ring is 1. The highest BCUT2D eigenvalue weighted by Crippen LogP contribution is 2.29. The van der Waals surface area contributed by atoms with E-state index in [0.717, 1.165) is 16.8 Å². The second kappa shape index (κ2) is 7.40. The van der Waals surface area contributed by atoms with Gasteiger partial charge in [0.25, 0.3) is 0 Å². The summed E-state index contributed by atoms with van der Waals surface area (Å²) in [4.78, 5) is 8.48. The smallest absolute Gasteiger partial charge is 0.159 e. The summed E-state index contributed by atoms with van der Waals surface area (Å²) in [6.07, 6.45) is 1.48. The SMILES string of the molecule is Cc1ccc(CNc2ncnc(Nc3cc(Cl)ccc3C)c2N)cc1. The van der Waals surface area contributed by atoms with Crippen LogP contribution in [0.4, 0.5) is 23.0 Å². The number of aromatic nitrogens is 2. The molecule has 128 valence electrons. The molecule has 1 heterocycles. The van der Waals surface area contributed by atoms with E-state index in [1.165, 1.54) is 11.9 Å². The van der Waals surface area contributed by atoms with Crippen LogP contribution in [-0.2, 0) is 6.54 Å². The van der Waals surface area contributed by atoms with E-state index in [1.54, 1.807) is 0 Å². The van der Waals surface area contributed by atoms with Crippen LogP contribution >= 0.6 is 11.6 Å². The second-order valence-electron chi connectivity index (χ2n) is 5.91. The molecular formula is C19H20ClN5. The monoisotopic (exact) mass is 353 g/mol. The Hall–Kier alpha value is -2.79. The van der Waals surface area contributed by atoms with Crippen molar-refractivity contribution < 1.29 is 0 Å². The first-order chi connectivity index (χ1) is 12.0. The zero-order valence-electron chi connectivity index (χ0n) is 14.2. The number of nitrogens with two attached hydrogens (primary N) is 1. The Morgan fingerprint density at radius 3 is 2.48 bits per heavy atom. The van der Waals surface area contributed by atoms with E-state index in [9.17, 15) is 0 Å². The van der Waals surface area contributed by atoms with Crippen LogP contribution in [0.5, 0.6) is 0 Å². The highest BCUT2D eigenvalue weighted by Gasteiger charge is 2.09. The topological polar surface area (TPSA) is 75.9 Å². The molecule has 0 aliphatic heterocycles. The summed E-state index contributed by atoms with van der Waals surface area (Å²) in [6.45, 7) is 4.69. The van der Waals surface area contributed by atoms with E-state index in [1.807, 2.05) is 25.1 Å². The third-order valence-electron chi connectivity index (χ3n) is 3.92. The minimum absolute atomic E-state index is 0.467. The Labute approximate surface area is 152 Å². The Morgan fingerprint density at radius 1 is 1.00 bits per heavy atom. The largest absolute Gasteiger partial charge is 0.393 e. The van der Waals surface area contributed by atoms with E-state index >= 15 is 0 Å². The van der Waals surface area contributed by atoms with Crippen molar-refractivity contribution in [2.75, 3.05) is 16.4 Å². The van der Waals surface area contributed by atoms with Gasteiger partial charge in [-0.3, -0.25) is 0 Å². The molecule has 0 aliphatic carbocycles. The van der Waals surface area contributed by atoms with Crippen molar-refractivity contribution in [3.63, 3.8) is 0 Å². The maximum atomic E-state index is 6.22. The summed E-state index contributed by atoms with van der Waals surface area (Å²) in [5.74, 6) is 1.14. The molecule has 4 N–H and O–H groups in total. The Kier molecular flexibility index (Phi) is 5.05.